The van der Waals surface area contributed by atoms with Gasteiger partial charge in [0, 0.05) is 26.2 Å². The predicted molar refractivity (Wildman–Crippen MR) is 78.0 cm³/mol. The summed E-state index contributed by atoms with van der Waals surface area (Å²) in [6.45, 7) is 6.38. The van der Waals surface area contributed by atoms with E-state index in [1.54, 1.807) is 11.8 Å². The molecule has 2 rings (SSSR count). The molecule has 0 aromatic heterocycles. The molecular weight excluding hydrogens is 296 g/mol. The molecule has 2 aliphatic heterocycles. The Hall–Kier alpha value is -0.860. The average Bonchev–Trinajstić information content (AvgIpc) is 2.81. The van der Waals surface area contributed by atoms with Crippen LogP contribution in [0.15, 0.2) is 0 Å². The quantitative estimate of drug-likeness (QED) is 0.708. The van der Waals surface area contributed by atoms with Crippen molar-refractivity contribution in [3.05, 3.63) is 0 Å². The highest BCUT2D eigenvalue weighted by atomic mass is 32.2. The normalized spacial score (nSPS) is 25.7. The molecule has 0 aromatic rings. The summed E-state index contributed by atoms with van der Waals surface area (Å²) in [7, 11) is -3.02. The minimum absolute atomic E-state index is 0.0505. The number of hydrogen-bond acceptors (Lipinski definition) is 6. The van der Waals surface area contributed by atoms with Gasteiger partial charge in [0.1, 0.15) is 0 Å². The molecule has 8 heteroatoms. The largest absolute Gasteiger partial charge is 0.450 e. The number of hydrogen-bond donors (Lipinski definition) is 0. The average molecular weight is 320 g/mol. The van der Waals surface area contributed by atoms with E-state index in [1.165, 1.54) is 0 Å². The van der Waals surface area contributed by atoms with Crippen LogP contribution in [-0.2, 0) is 19.3 Å². The van der Waals surface area contributed by atoms with Crippen molar-refractivity contribution in [3.8, 4) is 0 Å². The summed E-state index contributed by atoms with van der Waals surface area (Å²) in [6.07, 6.45) is 0.0948. The highest BCUT2D eigenvalue weighted by Gasteiger charge is 2.35. The zero-order chi connectivity index (χ0) is 15.3. The number of carbonyl (C=O) groups is 1. The van der Waals surface area contributed by atoms with Gasteiger partial charge >= 0.3 is 6.09 Å². The molecule has 0 bridgehead atoms. The molecule has 1 atom stereocenters. The SMILES string of the molecule is CCOC(=O)N(CCN1CCOCC1)C1CCS(=O)(=O)C1. The Morgan fingerprint density at radius 2 is 2.10 bits per heavy atom. The molecule has 122 valence electrons. The fourth-order valence-corrected chi connectivity index (χ4v) is 4.46. The number of nitrogens with zero attached hydrogens (tertiary/aromatic N) is 2. The first-order valence-corrected chi connectivity index (χ1v) is 9.28. The zero-order valence-corrected chi connectivity index (χ0v) is 13.3. The van der Waals surface area contributed by atoms with Crippen molar-refractivity contribution in [2.45, 2.75) is 19.4 Å². The molecule has 7 nitrogen and oxygen atoms in total. The van der Waals surface area contributed by atoms with Gasteiger partial charge in [0.25, 0.3) is 0 Å². The summed E-state index contributed by atoms with van der Waals surface area (Å²) in [6, 6.07) is -0.255. The molecular formula is C13H24N2O5S. The summed E-state index contributed by atoms with van der Waals surface area (Å²) in [5.74, 6) is 0.208. The van der Waals surface area contributed by atoms with Crippen molar-refractivity contribution in [2.24, 2.45) is 0 Å². The number of ether oxygens (including phenoxy) is 2. The van der Waals surface area contributed by atoms with E-state index in [0.717, 1.165) is 19.6 Å². The molecule has 2 aliphatic rings. The zero-order valence-electron chi connectivity index (χ0n) is 12.5. The van der Waals surface area contributed by atoms with E-state index in [2.05, 4.69) is 4.90 Å². The molecule has 21 heavy (non-hydrogen) atoms. The summed E-state index contributed by atoms with van der Waals surface area (Å²) >= 11 is 0. The van der Waals surface area contributed by atoms with E-state index in [9.17, 15) is 13.2 Å². The highest BCUT2D eigenvalue weighted by Crippen LogP contribution is 2.18. The van der Waals surface area contributed by atoms with Crippen LogP contribution >= 0.6 is 0 Å². The summed E-state index contributed by atoms with van der Waals surface area (Å²) in [5, 5.41) is 0. The second-order valence-electron chi connectivity index (χ2n) is 5.40. The summed E-state index contributed by atoms with van der Waals surface area (Å²) in [4.78, 5) is 15.9. The number of sulfone groups is 1. The van der Waals surface area contributed by atoms with Crippen LogP contribution in [0.5, 0.6) is 0 Å². The van der Waals surface area contributed by atoms with Crippen molar-refractivity contribution >= 4 is 15.9 Å². The van der Waals surface area contributed by atoms with E-state index in [4.69, 9.17) is 9.47 Å². The Bertz CT molecular complexity index is 447. The van der Waals surface area contributed by atoms with E-state index < -0.39 is 15.9 Å². The van der Waals surface area contributed by atoms with Crippen LogP contribution in [0.1, 0.15) is 13.3 Å². The maximum absolute atomic E-state index is 12.1. The van der Waals surface area contributed by atoms with Gasteiger partial charge in [-0.2, -0.15) is 0 Å². The van der Waals surface area contributed by atoms with E-state index in [1.807, 2.05) is 0 Å². The summed E-state index contributed by atoms with van der Waals surface area (Å²) in [5.41, 5.74) is 0. The van der Waals surface area contributed by atoms with Crippen LogP contribution in [0.25, 0.3) is 0 Å². The maximum Gasteiger partial charge on any atom is 0.410 e. The van der Waals surface area contributed by atoms with Gasteiger partial charge in [-0.05, 0) is 13.3 Å². The Labute approximate surface area is 126 Å². The number of rotatable bonds is 5. The van der Waals surface area contributed by atoms with E-state index in [0.29, 0.717) is 32.8 Å². The third-order valence-electron chi connectivity index (χ3n) is 3.91. The summed E-state index contributed by atoms with van der Waals surface area (Å²) < 4.78 is 33.6. The van der Waals surface area contributed by atoms with E-state index >= 15 is 0 Å². The van der Waals surface area contributed by atoms with Gasteiger partial charge < -0.3 is 14.4 Å². The fraction of sp³-hybridized carbons (Fsp3) is 0.923. The minimum Gasteiger partial charge on any atom is -0.450 e. The van der Waals surface area contributed by atoms with Gasteiger partial charge in [0.2, 0.25) is 0 Å². The van der Waals surface area contributed by atoms with Crippen LogP contribution in [-0.4, -0.2) is 87.9 Å². The third kappa shape index (κ3) is 4.82. The van der Waals surface area contributed by atoms with Crippen molar-refractivity contribution in [1.82, 2.24) is 9.80 Å². The highest BCUT2D eigenvalue weighted by molar-refractivity contribution is 7.91. The Kier molecular flexibility index (Phi) is 5.83. The Balaban J connectivity index is 1.93. The second-order valence-corrected chi connectivity index (χ2v) is 7.63. The molecule has 1 amide bonds. The molecule has 0 N–H and O–H groups in total. The van der Waals surface area contributed by atoms with Crippen molar-refractivity contribution in [1.29, 1.82) is 0 Å². The fourth-order valence-electron chi connectivity index (χ4n) is 2.72. The molecule has 1 unspecified atom stereocenters. The molecule has 0 radical (unpaired) electrons. The van der Waals surface area contributed by atoms with Crippen LogP contribution in [0.2, 0.25) is 0 Å². The van der Waals surface area contributed by atoms with Gasteiger partial charge in [0.05, 0.1) is 37.4 Å². The van der Waals surface area contributed by atoms with Crippen molar-refractivity contribution in [3.63, 3.8) is 0 Å². The number of amides is 1. The molecule has 2 heterocycles. The van der Waals surface area contributed by atoms with Crippen molar-refractivity contribution < 1.29 is 22.7 Å². The van der Waals surface area contributed by atoms with E-state index in [-0.39, 0.29) is 17.5 Å². The van der Waals surface area contributed by atoms with Gasteiger partial charge in [0.15, 0.2) is 9.84 Å². The monoisotopic (exact) mass is 320 g/mol. The first kappa shape index (κ1) is 16.5. The maximum atomic E-state index is 12.1. The predicted octanol–water partition coefficient (Wildman–Crippen LogP) is -0.0358. The lowest BCUT2D eigenvalue weighted by atomic mass is 10.2. The molecule has 0 aromatic carbocycles. The van der Waals surface area contributed by atoms with Crippen molar-refractivity contribution in [2.75, 3.05) is 57.5 Å². The van der Waals surface area contributed by atoms with Gasteiger partial charge in [-0.1, -0.05) is 0 Å². The van der Waals surface area contributed by atoms with Gasteiger partial charge in [-0.25, -0.2) is 13.2 Å². The van der Waals surface area contributed by atoms with Crippen LogP contribution in [0, 0.1) is 0 Å². The van der Waals surface area contributed by atoms with Crippen LogP contribution in [0.4, 0.5) is 4.79 Å². The molecule has 2 saturated heterocycles. The molecule has 2 fully saturated rings. The number of morpholine rings is 1. The van der Waals surface area contributed by atoms with Crippen LogP contribution in [0.3, 0.4) is 0 Å². The first-order chi connectivity index (χ1) is 10.0. The smallest absolute Gasteiger partial charge is 0.410 e. The first-order valence-electron chi connectivity index (χ1n) is 7.46. The number of carbonyl (C=O) groups excluding carboxylic acids is 1. The molecule has 0 saturated carbocycles. The standard InChI is InChI=1S/C13H24N2O5S/c1-2-20-13(16)15(12-3-10-21(17,18)11-12)5-4-14-6-8-19-9-7-14/h12H,2-11H2,1H3. The Morgan fingerprint density at radius 3 is 2.67 bits per heavy atom. The topological polar surface area (TPSA) is 76.2 Å². The van der Waals surface area contributed by atoms with Gasteiger partial charge in [-0.15, -0.1) is 0 Å². The lowest BCUT2D eigenvalue weighted by molar-refractivity contribution is 0.0299. The van der Waals surface area contributed by atoms with Gasteiger partial charge in [-0.3, -0.25) is 4.90 Å². The second kappa shape index (κ2) is 7.42. The third-order valence-corrected chi connectivity index (χ3v) is 5.66. The minimum atomic E-state index is -3.02. The van der Waals surface area contributed by atoms with Crippen LogP contribution < -0.4 is 0 Å². The lowest BCUT2D eigenvalue weighted by Crippen LogP contribution is -2.47. The molecule has 0 spiro atoms. The lowest BCUT2D eigenvalue weighted by Gasteiger charge is -2.32. The molecule has 0 aliphatic carbocycles. The Morgan fingerprint density at radius 1 is 1.38 bits per heavy atom.